The monoisotopic (exact) mass is 493 g/mol. The number of carbonyl (C=O) groups is 1. The molecule has 1 amide bonds. The van der Waals surface area contributed by atoms with E-state index in [1.165, 1.54) is 36.6 Å². The van der Waals surface area contributed by atoms with Gasteiger partial charge in [-0.05, 0) is 50.6 Å². The number of carbonyl (C=O) groups excluding carboxylic acids is 1. The lowest BCUT2D eigenvalue weighted by Gasteiger charge is -2.26. The second kappa shape index (κ2) is 11.1. The Morgan fingerprint density at radius 1 is 1.00 bits per heavy atom. The molecule has 0 bridgehead atoms. The molecular formula is C26H31N5O3S. The van der Waals surface area contributed by atoms with Crippen LogP contribution >= 0.6 is 11.8 Å². The summed E-state index contributed by atoms with van der Waals surface area (Å²) in [6, 6.07) is 15.8. The molecule has 2 aromatic carbocycles. The first-order valence-electron chi connectivity index (χ1n) is 12.2. The van der Waals surface area contributed by atoms with Crippen molar-refractivity contribution in [2.75, 3.05) is 31.6 Å². The first kappa shape index (κ1) is 23.7. The summed E-state index contributed by atoms with van der Waals surface area (Å²) < 4.78 is 13.4. The van der Waals surface area contributed by atoms with Crippen LogP contribution in [0.4, 0.5) is 5.69 Å². The van der Waals surface area contributed by atoms with E-state index in [2.05, 4.69) is 37.1 Å². The van der Waals surface area contributed by atoms with Crippen molar-refractivity contribution in [2.24, 2.45) is 0 Å². The van der Waals surface area contributed by atoms with E-state index >= 15 is 0 Å². The zero-order chi connectivity index (χ0) is 24.0. The topological polar surface area (TPSA) is 81.5 Å². The van der Waals surface area contributed by atoms with Gasteiger partial charge in [-0.2, -0.15) is 0 Å². The summed E-state index contributed by atoms with van der Waals surface area (Å²) in [5.74, 6) is 2.20. The summed E-state index contributed by atoms with van der Waals surface area (Å²) in [7, 11) is 0. The Morgan fingerprint density at radius 3 is 2.57 bits per heavy atom. The number of anilines is 1. The highest BCUT2D eigenvalue weighted by molar-refractivity contribution is 8.00. The lowest BCUT2D eigenvalue weighted by Crippen LogP contribution is -2.30. The standard InChI is InChI=1S/C26H31N5O3S/c1-19(25(32)27-21-10-11-22-23(16-21)34-15-14-33-22)35-26-29-28-24(18-30-12-6-3-7-13-30)31(26)17-20-8-4-2-5-9-20/h2,4-5,8-11,16,19H,3,6-7,12-15,17-18H2,1H3,(H,27,32). The summed E-state index contributed by atoms with van der Waals surface area (Å²) in [4.78, 5) is 15.5. The third-order valence-corrected chi connectivity index (χ3v) is 7.33. The Morgan fingerprint density at radius 2 is 1.77 bits per heavy atom. The van der Waals surface area contributed by atoms with Crippen molar-refractivity contribution in [1.82, 2.24) is 19.7 Å². The normalized spacial score (nSPS) is 16.6. The zero-order valence-corrected chi connectivity index (χ0v) is 20.8. The molecule has 0 aliphatic carbocycles. The van der Waals surface area contributed by atoms with Crippen LogP contribution in [0.15, 0.2) is 53.7 Å². The number of benzene rings is 2. The number of ether oxygens (including phenoxy) is 2. The molecule has 1 fully saturated rings. The number of rotatable bonds is 8. The van der Waals surface area contributed by atoms with Crippen molar-refractivity contribution in [3.63, 3.8) is 0 Å². The number of piperidine rings is 1. The highest BCUT2D eigenvalue weighted by Gasteiger charge is 2.23. The van der Waals surface area contributed by atoms with Gasteiger partial charge in [0.15, 0.2) is 16.7 Å². The molecule has 35 heavy (non-hydrogen) atoms. The van der Waals surface area contributed by atoms with Crippen molar-refractivity contribution < 1.29 is 14.3 Å². The molecule has 2 aliphatic rings. The van der Waals surface area contributed by atoms with E-state index in [9.17, 15) is 4.79 Å². The molecule has 1 N–H and O–H groups in total. The quantitative estimate of drug-likeness (QED) is 0.471. The van der Waals surface area contributed by atoms with Crippen LogP contribution in [-0.2, 0) is 17.9 Å². The Kier molecular flexibility index (Phi) is 7.54. The minimum Gasteiger partial charge on any atom is -0.486 e. The number of thioether (sulfide) groups is 1. The lowest BCUT2D eigenvalue weighted by molar-refractivity contribution is -0.115. The predicted molar refractivity (Wildman–Crippen MR) is 136 cm³/mol. The summed E-state index contributed by atoms with van der Waals surface area (Å²) in [5, 5.41) is 12.4. The van der Waals surface area contributed by atoms with Crippen LogP contribution in [-0.4, -0.2) is 57.1 Å². The molecule has 3 heterocycles. The van der Waals surface area contributed by atoms with Gasteiger partial charge in [0, 0.05) is 11.8 Å². The van der Waals surface area contributed by atoms with E-state index in [0.717, 1.165) is 30.6 Å². The van der Waals surface area contributed by atoms with E-state index in [1.807, 2.05) is 37.3 Å². The van der Waals surface area contributed by atoms with Crippen LogP contribution in [0.5, 0.6) is 11.5 Å². The fraction of sp³-hybridized carbons (Fsp3) is 0.423. The van der Waals surface area contributed by atoms with Gasteiger partial charge in [-0.15, -0.1) is 10.2 Å². The molecule has 184 valence electrons. The van der Waals surface area contributed by atoms with Crippen LogP contribution < -0.4 is 14.8 Å². The maximum atomic E-state index is 13.0. The van der Waals surface area contributed by atoms with E-state index in [-0.39, 0.29) is 11.2 Å². The second-order valence-electron chi connectivity index (χ2n) is 8.92. The Labute approximate surface area is 210 Å². The van der Waals surface area contributed by atoms with Crippen molar-refractivity contribution in [1.29, 1.82) is 0 Å². The molecule has 5 rings (SSSR count). The molecule has 2 aliphatic heterocycles. The summed E-state index contributed by atoms with van der Waals surface area (Å²) in [6.07, 6.45) is 3.75. The van der Waals surface area contributed by atoms with Gasteiger partial charge in [0.05, 0.1) is 18.3 Å². The smallest absolute Gasteiger partial charge is 0.237 e. The molecule has 1 unspecified atom stereocenters. The predicted octanol–water partition coefficient (Wildman–Crippen LogP) is 4.20. The van der Waals surface area contributed by atoms with E-state index in [0.29, 0.717) is 36.9 Å². The van der Waals surface area contributed by atoms with Gasteiger partial charge >= 0.3 is 0 Å². The van der Waals surface area contributed by atoms with Gasteiger partial charge in [0.1, 0.15) is 19.0 Å². The van der Waals surface area contributed by atoms with Crippen molar-refractivity contribution >= 4 is 23.4 Å². The molecule has 1 aromatic heterocycles. The average molecular weight is 494 g/mol. The second-order valence-corrected chi connectivity index (χ2v) is 10.2. The first-order chi connectivity index (χ1) is 17.2. The van der Waals surface area contributed by atoms with Crippen molar-refractivity contribution in [3.8, 4) is 11.5 Å². The highest BCUT2D eigenvalue weighted by Crippen LogP contribution is 2.33. The highest BCUT2D eigenvalue weighted by atomic mass is 32.2. The minimum atomic E-state index is -0.357. The van der Waals surface area contributed by atoms with Crippen molar-refractivity contribution in [2.45, 2.75) is 49.7 Å². The number of nitrogens with zero attached hydrogens (tertiary/aromatic N) is 4. The minimum absolute atomic E-state index is 0.0986. The fourth-order valence-electron chi connectivity index (χ4n) is 4.34. The van der Waals surface area contributed by atoms with Gasteiger partial charge < -0.3 is 19.4 Å². The lowest BCUT2D eigenvalue weighted by atomic mass is 10.1. The van der Waals surface area contributed by atoms with Crippen LogP contribution in [0.3, 0.4) is 0 Å². The number of aromatic nitrogens is 3. The van der Waals surface area contributed by atoms with Gasteiger partial charge in [-0.3, -0.25) is 9.69 Å². The largest absolute Gasteiger partial charge is 0.486 e. The molecule has 0 radical (unpaired) electrons. The number of likely N-dealkylation sites (tertiary alicyclic amines) is 1. The molecule has 8 nitrogen and oxygen atoms in total. The molecular weight excluding hydrogens is 462 g/mol. The SMILES string of the molecule is CC(Sc1nnc(CN2CCCCC2)n1Cc1ccccc1)C(=O)Nc1ccc2c(c1)OCCO2. The molecule has 9 heteroatoms. The molecule has 1 atom stereocenters. The van der Waals surface area contributed by atoms with E-state index < -0.39 is 0 Å². The van der Waals surface area contributed by atoms with Crippen molar-refractivity contribution in [3.05, 3.63) is 59.9 Å². The van der Waals surface area contributed by atoms with Crippen LogP contribution in [0, 0.1) is 0 Å². The van der Waals surface area contributed by atoms with Gasteiger partial charge in [-0.25, -0.2) is 0 Å². The molecule has 0 spiro atoms. The summed E-state index contributed by atoms with van der Waals surface area (Å²) in [5.41, 5.74) is 1.87. The summed E-state index contributed by atoms with van der Waals surface area (Å²) in [6.45, 7) is 6.57. The molecule has 3 aromatic rings. The third kappa shape index (κ3) is 5.97. The Hall–Kier alpha value is -3.04. The number of hydrogen-bond donors (Lipinski definition) is 1. The van der Waals surface area contributed by atoms with Crippen LogP contribution in [0.2, 0.25) is 0 Å². The zero-order valence-electron chi connectivity index (χ0n) is 20.0. The van der Waals surface area contributed by atoms with E-state index in [4.69, 9.17) is 9.47 Å². The average Bonchev–Trinajstić information content (AvgIpc) is 3.25. The van der Waals surface area contributed by atoms with Crippen LogP contribution in [0.25, 0.3) is 0 Å². The maximum absolute atomic E-state index is 13.0. The Bertz CT molecular complexity index is 1150. The van der Waals surface area contributed by atoms with Gasteiger partial charge in [-0.1, -0.05) is 48.5 Å². The number of amides is 1. The van der Waals surface area contributed by atoms with Crippen LogP contribution in [0.1, 0.15) is 37.6 Å². The maximum Gasteiger partial charge on any atom is 0.237 e. The first-order valence-corrected chi connectivity index (χ1v) is 13.1. The molecule has 1 saturated heterocycles. The third-order valence-electron chi connectivity index (χ3n) is 6.25. The number of hydrogen-bond acceptors (Lipinski definition) is 7. The number of nitrogens with one attached hydrogen (secondary N) is 1. The van der Waals surface area contributed by atoms with E-state index in [1.54, 1.807) is 6.07 Å². The Balaban J connectivity index is 1.30. The molecule has 0 saturated carbocycles. The van der Waals surface area contributed by atoms with Gasteiger partial charge in [0.2, 0.25) is 5.91 Å². The fourth-order valence-corrected chi connectivity index (χ4v) is 5.21. The summed E-state index contributed by atoms with van der Waals surface area (Å²) >= 11 is 1.43. The van der Waals surface area contributed by atoms with Gasteiger partial charge in [0.25, 0.3) is 0 Å². The number of fused-ring (bicyclic) bond motifs is 1.